The number of aliphatic imine (C=N–C) groups is 1. The van der Waals surface area contributed by atoms with Crippen LogP contribution in [0.2, 0.25) is 5.02 Å². The molecule has 1 aliphatic carbocycles. The van der Waals surface area contributed by atoms with Crippen molar-refractivity contribution in [3.8, 4) is 5.75 Å². The molecule has 5 heteroatoms. The number of benzene rings is 2. The smallest absolute Gasteiger partial charge is 0.194 e. The molecule has 2 aromatic carbocycles. The van der Waals surface area contributed by atoms with Crippen molar-refractivity contribution in [3.63, 3.8) is 0 Å². The van der Waals surface area contributed by atoms with Gasteiger partial charge in [-0.05, 0) is 19.1 Å². The Bertz CT molecular complexity index is 913. The van der Waals surface area contributed by atoms with E-state index in [1.54, 1.807) is 37.3 Å². The first-order valence-electron chi connectivity index (χ1n) is 7.35. The van der Waals surface area contributed by atoms with Gasteiger partial charge in [-0.3, -0.25) is 10.2 Å². The van der Waals surface area contributed by atoms with E-state index in [0.717, 1.165) is 5.56 Å². The Kier molecular flexibility index (Phi) is 4.32. The second-order valence-electron chi connectivity index (χ2n) is 5.34. The van der Waals surface area contributed by atoms with Crippen LogP contribution in [0.15, 0.2) is 53.5 Å². The summed E-state index contributed by atoms with van der Waals surface area (Å²) < 4.78 is 5.24. The Labute approximate surface area is 145 Å². The summed E-state index contributed by atoms with van der Waals surface area (Å²) in [5.74, 6) is 0.548. The maximum atomic E-state index is 12.9. The van der Waals surface area contributed by atoms with Gasteiger partial charge in [0, 0.05) is 22.3 Å². The average Bonchev–Trinajstić information content (AvgIpc) is 2.58. The van der Waals surface area contributed by atoms with Crippen LogP contribution in [0.1, 0.15) is 28.4 Å². The Balaban J connectivity index is 2.24. The topological polar surface area (TPSA) is 62.5 Å². The van der Waals surface area contributed by atoms with Gasteiger partial charge in [-0.15, -0.1) is 0 Å². The number of carbonyl (C=O) groups excluding carboxylic acids is 1. The van der Waals surface area contributed by atoms with E-state index in [2.05, 4.69) is 4.99 Å². The number of nitrogens with zero attached hydrogens (tertiary/aromatic N) is 1. The second kappa shape index (κ2) is 6.42. The van der Waals surface area contributed by atoms with Crippen molar-refractivity contribution in [1.82, 2.24) is 0 Å². The van der Waals surface area contributed by atoms with Crippen LogP contribution in [0.4, 0.5) is 0 Å². The van der Waals surface area contributed by atoms with Crippen molar-refractivity contribution in [2.75, 3.05) is 7.11 Å². The highest BCUT2D eigenvalue weighted by Gasteiger charge is 2.27. The van der Waals surface area contributed by atoms with Crippen LogP contribution in [0, 0.1) is 5.41 Å². The van der Waals surface area contributed by atoms with Crippen LogP contribution in [-0.2, 0) is 0 Å². The summed E-state index contributed by atoms with van der Waals surface area (Å²) in [6.45, 7) is 1.60. The Morgan fingerprint density at radius 1 is 1.08 bits per heavy atom. The number of methoxy groups -OCH3 is 1. The minimum absolute atomic E-state index is 0.123. The van der Waals surface area contributed by atoms with Gasteiger partial charge in [-0.1, -0.05) is 48.0 Å². The zero-order chi connectivity index (χ0) is 17.3. The van der Waals surface area contributed by atoms with E-state index in [0.29, 0.717) is 33.2 Å². The van der Waals surface area contributed by atoms with Gasteiger partial charge >= 0.3 is 0 Å². The third-order valence-corrected chi connectivity index (χ3v) is 4.12. The first-order valence-corrected chi connectivity index (χ1v) is 7.73. The van der Waals surface area contributed by atoms with Crippen LogP contribution in [0.25, 0.3) is 5.57 Å². The van der Waals surface area contributed by atoms with Gasteiger partial charge in [-0.2, -0.15) is 0 Å². The number of hydrogen-bond donors (Lipinski definition) is 1. The van der Waals surface area contributed by atoms with Crippen molar-refractivity contribution in [2.24, 2.45) is 4.99 Å². The maximum Gasteiger partial charge on any atom is 0.194 e. The molecule has 120 valence electrons. The summed E-state index contributed by atoms with van der Waals surface area (Å²) >= 11 is 6.39. The summed E-state index contributed by atoms with van der Waals surface area (Å²) in [7, 11) is 1.53. The lowest BCUT2D eigenvalue weighted by atomic mass is 9.85. The van der Waals surface area contributed by atoms with E-state index in [1.165, 1.54) is 7.11 Å². The number of rotatable bonds is 2. The van der Waals surface area contributed by atoms with Gasteiger partial charge in [0.1, 0.15) is 11.6 Å². The molecule has 0 unspecified atom stereocenters. The number of nitrogens with one attached hydrogen (secondary N) is 1. The van der Waals surface area contributed by atoms with Gasteiger partial charge in [0.2, 0.25) is 0 Å². The van der Waals surface area contributed by atoms with E-state index in [9.17, 15) is 4.79 Å². The van der Waals surface area contributed by atoms with Crippen LogP contribution >= 0.6 is 11.6 Å². The maximum absolute atomic E-state index is 12.9. The largest absolute Gasteiger partial charge is 0.495 e. The predicted molar refractivity (Wildman–Crippen MR) is 96.7 cm³/mol. The zero-order valence-corrected chi connectivity index (χ0v) is 14.0. The molecule has 0 heterocycles. The van der Waals surface area contributed by atoms with E-state index >= 15 is 0 Å². The molecule has 0 aliphatic heterocycles. The molecule has 0 radical (unpaired) electrons. The molecule has 0 saturated carbocycles. The molecule has 3 rings (SSSR count). The molecule has 0 spiro atoms. The highest BCUT2D eigenvalue weighted by Crippen LogP contribution is 2.36. The Morgan fingerprint density at radius 3 is 2.42 bits per heavy atom. The lowest BCUT2D eigenvalue weighted by molar-refractivity contribution is 0.105. The zero-order valence-electron chi connectivity index (χ0n) is 13.3. The van der Waals surface area contributed by atoms with Crippen LogP contribution < -0.4 is 4.74 Å². The normalized spacial score (nSPS) is 15.0. The fourth-order valence-electron chi connectivity index (χ4n) is 2.68. The SMILES string of the molecule is COc1cccc(C2=CC(=NC(C)=N)c3ccccc3C2=O)c1Cl. The molecule has 1 N–H and O–H groups in total. The summed E-state index contributed by atoms with van der Waals surface area (Å²) in [6, 6.07) is 12.5. The number of ketones is 1. The number of ether oxygens (including phenoxy) is 1. The fraction of sp³-hybridized carbons (Fsp3) is 0.105. The van der Waals surface area contributed by atoms with E-state index in [-0.39, 0.29) is 11.6 Å². The van der Waals surface area contributed by atoms with E-state index in [4.69, 9.17) is 21.7 Å². The summed E-state index contributed by atoms with van der Waals surface area (Å²) in [5.41, 5.74) is 2.88. The monoisotopic (exact) mass is 338 g/mol. The molecule has 0 aromatic heterocycles. The molecule has 2 aromatic rings. The van der Waals surface area contributed by atoms with Crippen molar-refractivity contribution >= 4 is 34.5 Å². The van der Waals surface area contributed by atoms with Crippen LogP contribution in [-0.4, -0.2) is 24.4 Å². The van der Waals surface area contributed by atoms with Crippen LogP contribution in [0.5, 0.6) is 5.75 Å². The molecular formula is C19H15ClN2O2. The van der Waals surface area contributed by atoms with Gasteiger partial charge in [0.25, 0.3) is 0 Å². The summed E-state index contributed by atoms with van der Waals surface area (Å²) in [4.78, 5) is 17.2. The third kappa shape index (κ3) is 2.76. The van der Waals surface area contributed by atoms with Crippen molar-refractivity contribution in [3.05, 3.63) is 70.3 Å². The molecule has 24 heavy (non-hydrogen) atoms. The van der Waals surface area contributed by atoms with E-state index in [1.807, 2.05) is 18.2 Å². The molecule has 0 saturated heterocycles. The quantitative estimate of drug-likeness (QED) is 0.651. The van der Waals surface area contributed by atoms with E-state index < -0.39 is 0 Å². The minimum Gasteiger partial charge on any atom is -0.495 e. The number of amidine groups is 1. The number of Topliss-reactive ketones (excluding diaryl/α,β-unsaturated/α-hetero) is 1. The molecule has 0 amide bonds. The minimum atomic E-state index is -0.123. The van der Waals surface area contributed by atoms with Gasteiger partial charge in [0.05, 0.1) is 17.8 Å². The van der Waals surface area contributed by atoms with Gasteiger partial charge in [-0.25, -0.2) is 4.99 Å². The standard InChI is InChI=1S/C19H15ClN2O2/c1-11(21)22-16-10-15(13-8-5-9-17(24-2)18(13)20)19(23)14-7-4-3-6-12(14)16/h3-10,21H,1-2H3. The lowest BCUT2D eigenvalue weighted by Gasteiger charge is -2.19. The van der Waals surface area contributed by atoms with Gasteiger partial charge < -0.3 is 4.74 Å². The van der Waals surface area contributed by atoms with Crippen molar-refractivity contribution in [1.29, 1.82) is 5.41 Å². The predicted octanol–water partition coefficient (Wildman–Crippen LogP) is 4.41. The number of hydrogen-bond acceptors (Lipinski definition) is 3. The highest BCUT2D eigenvalue weighted by atomic mass is 35.5. The number of allylic oxidation sites excluding steroid dienone is 2. The molecule has 0 fully saturated rings. The Hall–Kier alpha value is -2.72. The molecule has 0 bridgehead atoms. The Morgan fingerprint density at radius 2 is 1.75 bits per heavy atom. The molecule has 1 aliphatic rings. The summed E-state index contributed by atoms with van der Waals surface area (Å²) in [6.07, 6.45) is 1.68. The van der Waals surface area contributed by atoms with Crippen molar-refractivity contribution in [2.45, 2.75) is 6.92 Å². The first-order chi connectivity index (χ1) is 11.5. The second-order valence-corrected chi connectivity index (χ2v) is 5.71. The number of carbonyl (C=O) groups is 1. The first kappa shape index (κ1) is 16.1. The molecule has 0 atom stereocenters. The fourth-order valence-corrected chi connectivity index (χ4v) is 2.98. The third-order valence-electron chi connectivity index (χ3n) is 3.73. The molecular weight excluding hydrogens is 324 g/mol. The average molecular weight is 339 g/mol. The number of halogens is 1. The highest BCUT2D eigenvalue weighted by molar-refractivity contribution is 6.43. The number of fused-ring (bicyclic) bond motifs is 1. The van der Waals surface area contributed by atoms with Crippen LogP contribution in [0.3, 0.4) is 0 Å². The van der Waals surface area contributed by atoms with Gasteiger partial charge in [0.15, 0.2) is 5.78 Å². The summed E-state index contributed by atoms with van der Waals surface area (Å²) in [5, 5.41) is 8.03. The molecule has 4 nitrogen and oxygen atoms in total. The lowest BCUT2D eigenvalue weighted by Crippen LogP contribution is -2.17. The van der Waals surface area contributed by atoms with Crippen molar-refractivity contribution < 1.29 is 9.53 Å².